The van der Waals surface area contributed by atoms with Crippen molar-refractivity contribution in [2.45, 2.75) is 19.0 Å². The predicted molar refractivity (Wildman–Crippen MR) is 68.8 cm³/mol. The second-order valence-corrected chi connectivity index (χ2v) is 4.55. The summed E-state index contributed by atoms with van der Waals surface area (Å²) in [4.78, 5) is 15.7. The molecule has 0 spiro atoms. The van der Waals surface area contributed by atoms with E-state index in [9.17, 15) is 4.79 Å². The van der Waals surface area contributed by atoms with E-state index in [4.69, 9.17) is 5.73 Å². The van der Waals surface area contributed by atoms with Crippen LogP contribution >= 0.6 is 0 Å². The van der Waals surface area contributed by atoms with Crippen molar-refractivity contribution in [3.8, 4) is 0 Å². The molecule has 1 aliphatic rings. The Labute approximate surface area is 102 Å². The minimum absolute atomic E-state index is 0.0243. The predicted octanol–water partition coefficient (Wildman–Crippen LogP) is 0.812. The summed E-state index contributed by atoms with van der Waals surface area (Å²) in [5.41, 5.74) is 7.74. The monoisotopic (exact) mass is 233 g/mol. The van der Waals surface area contributed by atoms with Crippen LogP contribution in [0.5, 0.6) is 0 Å². The number of likely N-dealkylation sites (tertiary alicyclic amines) is 1. The van der Waals surface area contributed by atoms with Gasteiger partial charge in [-0.1, -0.05) is 12.1 Å². The van der Waals surface area contributed by atoms with Gasteiger partial charge in [0, 0.05) is 32.9 Å². The zero-order valence-corrected chi connectivity index (χ0v) is 10.4. The van der Waals surface area contributed by atoms with Crippen LogP contribution in [0.4, 0.5) is 5.69 Å². The van der Waals surface area contributed by atoms with Crippen LogP contribution in [0.3, 0.4) is 0 Å². The minimum Gasteiger partial charge on any atom is -0.363 e. The van der Waals surface area contributed by atoms with Gasteiger partial charge in [-0.05, 0) is 24.1 Å². The van der Waals surface area contributed by atoms with Crippen LogP contribution in [-0.4, -0.2) is 37.5 Å². The van der Waals surface area contributed by atoms with E-state index in [0.717, 1.165) is 24.2 Å². The lowest BCUT2D eigenvalue weighted by atomic mass is 10.1. The Morgan fingerprint density at radius 1 is 1.41 bits per heavy atom. The number of nitrogens with zero attached hydrogens (tertiary/aromatic N) is 2. The van der Waals surface area contributed by atoms with Gasteiger partial charge in [0.05, 0.1) is 0 Å². The van der Waals surface area contributed by atoms with E-state index in [0.29, 0.717) is 6.54 Å². The number of carbonyl (C=O) groups is 1. The lowest BCUT2D eigenvalue weighted by Gasteiger charge is -2.25. The van der Waals surface area contributed by atoms with Gasteiger partial charge in [0.25, 0.3) is 0 Å². The van der Waals surface area contributed by atoms with Gasteiger partial charge in [0.1, 0.15) is 6.04 Å². The van der Waals surface area contributed by atoms with Crippen molar-refractivity contribution in [2.75, 3.05) is 25.5 Å². The van der Waals surface area contributed by atoms with Crippen molar-refractivity contribution in [2.24, 2.45) is 5.73 Å². The Hall–Kier alpha value is -1.55. The molecule has 0 radical (unpaired) electrons. The Balaban J connectivity index is 2.13. The van der Waals surface area contributed by atoms with Crippen molar-refractivity contribution in [3.63, 3.8) is 0 Å². The molecule has 92 valence electrons. The highest BCUT2D eigenvalue weighted by Crippen LogP contribution is 2.22. The molecule has 1 unspecified atom stereocenters. The average Bonchev–Trinajstić information content (AvgIpc) is 2.69. The van der Waals surface area contributed by atoms with Crippen molar-refractivity contribution < 1.29 is 4.79 Å². The molecule has 2 N–H and O–H groups in total. The van der Waals surface area contributed by atoms with Crippen LogP contribution < -0.4 is 10.6 Å². The van der Waals surface area contributed by atoms with Gasteiger partial charge < -0.3 is 15.5 Å². The number of nitrogens with two attached hydrogens (primary N) is 1. The van der Waals surface area contributed by atoms with Crippen LogP contribution in [0, 0.1) is 0 Å². The first kappa shape index (κ1) is 11.9. The molecule has 0 aliphatic carbocycles. The van der Waals surface area contributed by atoms with E-state index < -0.39 is 0 Å². The first-order valence-corrected chi connectivity index (χ1v) is 5.90. The van der Waals surface area contributed by atoms with E-state index in [-0.39, 0.29) is 11.9 Å². The molecule has 1 heterocycles. The van der Waals surface area contributed by atoms with Gasteiger partial charge >= 0.3 is 0 Å². The van der Waals surface area contributed by atoms with E-state index in [2.05, 4.69) is 0 Å². The third kappa shape index (κ3) is 2.26. The first-order valence-electron chi connectivity index (χ1n) is 5.90. The Bertz CT molecular complexity index is 402. The lowest BCUT2D eigenvalue weighted by molar-refractivity contribution is -0.127. The highest BCUT2D eigenvalue weighted by atomic mass is 16.2. The molecule has 17 heavy (non-hydrogen) atoms. The van der Waals surface area contributed by atoms with Gasteiger partial charge in [0.2, 0.25) is 5.91 Å². The molecular formula is C13H19N3O. The highest BCUT2D eigenvalue weighted by molar-refractivity contribution is 5.87. The summed E-state index contributed by atoms with van der Waals surface area (Å²) < 4.78 is 0. The summed E-state index contributed by atoms with van der Waals surface area (Å²) in [5.74, 6) is 0.204. The minimum atomic E-state index is -0.0243. The molecule has 2 rings (SSSR count). The van der Waals surface area contributed by atoms with Crippen LogP contribution in [0.2, 0.25) is 0 Å². The molecule has 1 aromatic rings. The summed E-state index contributed by atoms with van der Waals surface area (Å²) in [6, 6.07) is 8.04. The molecule has 1 saturated heterocycles. The smallest absolute Gasteiger partial charge is 0.245 e. The van der Waals surface area contributed by atoms with Gasteiger partial charge in [-0.15, -0.1) is 0 Å². The van der Waals surface area contributed by atoms with Crippen molar-refractivity contribution in [3.05, 3.63) is 29.8 Å². The number of carbonyl (C=O) groups excluding carboxylic acids is 1. The molecular weight excluding hydrogens is 214 g/mol. The summed E-state index contributed by atoms with van der Waals surface area (Å²) in [5, 5.41) is 0. The average molecular weight is 233 g/mol. The van der Waals surface area contributed by atoms with Crippen LogP contribution in [0.15, 0.2) is 24.3 Å². The van der Waals surface area contributed by atoms with Crippen molar-refractivity contribution in [1.82, 2.24) is 4.90 Å². The number of hydrogen-bond acceptors (Lipinski definition) is 3. The lowest BCUT2D eigenvalue weighted by Crippen LogP contribution is -2.38. The fourth-order valence-corrected chi connectivity index (χ4v) is 2.21. The molecule has 0 saturated carbocycles. The van der Waals surface area contributed by atoms with E-state index in [1.165, 1.54) is 0 Å². The quantitative estimate of drug-likeness (QED) is 0.840. The van der Waals surface area contributed by atoms with Crippen LogP contribution in [0.1, 0.15) is 12.0 Å². The fraction of sp³-hybridized carbons (Fsp3) is 0.462. The molecule has 4 heteroatoms. The molecule has 1 fully saturated rings. The molecule has 0 bridgehead atoms. The summed E-state index contributed by atoms with van der Waals surface area (Å²) in [6.07, 6.45) is 0.893. The largest absolute Gasteiger partial charge is 0.363 e. The summed E-state index contributed by atoms with van der Waals surface area (Å²) >= 11 is 0. The third-order valence-electron chi connectivity index (χ3n) is 3.45. The van der Waals surface area contributed by atoms with Crippen molar-refractivity contribution >= 4 is 11.6 Å². The Morgan fingerprint density at radius 3 is 2.53 bits per heavy atom. The molecule has 0 aromatic heterocycles. The normalized spacial score (nSPS) is 19.8. The van der Waals surface area contributed by atoms with Gasteiger partial charge in [-0.3, -0.25) is 4.79 Å². The van der Waals surface area contributed by atoms with E-state index in [1.807, 2.05) is 43.3 Å². The van der Waals surface area contributed by atoms with Gasteiger partial charge in [0.15, 0.2) is 0 Å². The molecule has 1 amide bonds. The maximum Gasteiger partial charge on any atom is 0.245 e. The number of benzene rings is 1. The second-order valence-electron chi connectivity index (χ2n) is 4.55. The van der Waals surface area contributed by atoms with Gasteiger partial charge in [-0.25, -0.2) is 0 Å². The first-order chi connectivity index (χ1) is 8.13. The SMILES string of the molecule is CN1CCC(N(C)c2ccc(CN)cc2)C1=O. The summed E-state index contributed by atoms with van der Waals surface area (Å²) in [7, 11) is 3.83. The number of anilines is 1. The zero-order chi connectivity index (χ0) is 12.4. The fourth-order valence-electron chi connectivity index (χ4n) is 2.21. The number of rotatable bonds is 3. The number of amides is 1. The van der Waals surface area contributed by atoms with Gasteiger partial charge in [-0.2, -0.15) is 0 Å². The number of likely N-dealkylation sites (N-methyl/N-ethyl adjacent to an activating group) is 2. The number of hydrogen-bond donors (Lipinski definition) is 1. The third-order valence-corrected chi connectivity index (χ3v) is 3.45. The standard InChI is InChI=1S/C13H19N3O/c1-15-8-7-12(13(15)17)16(2)11-5-3-10(9-14)4-6-11/h3-6,12H,7-9,14H2,1-2H3. The molecule has 4 nitrogen and oxygen atoms in total. The van der Waals surface area contributed by atoms with E-state index in [1.54, 1.807) is 4.90 Å². The maximum absolute atomic E-state index is 11.9. The Morgan fingerprint density at radius 2 is 2.06 bits per heavy atom. The molecule has 1 aliphatic heterocycles. The second kappa shape index (κ2) is 4.75. The summed E-state index contributed by atoms with van der Waals surface area (Å²) in [6.45, 7) is 1.39. The molecule has 1 atom stereocenters. The maximum atomic E-state index is 11.9. The van der Waals surface area contributed by atoms with Crippen molar-refractivity contribution in [1.29, 1.82) is 0 Å². The Kier molecular flexibility index (Phi) is 3.33. The highest BCUT2D eigenvalue weighted by Gasteiger charge is 2.32. The van der Waals surface area contributed by atoms with Crippen LogP contribution in [0.25, 0.3) is 0 Å². The topological polar surface area (TPSA) is 49.6 Å². The molecule has 1 aromatic carbocycles. The van der Waals surface area contributed by atoms with Crippen LogP contribution in [-0.2, 0) is 11.3 Å². The zero-order valence-electron chi connectivity index (χ0n) is 10.4. The van der Waals surface area contributed by atoms with E-state index >= 15 is 0 Å².